The zero-order chi connectivity index (χ0) is 12.7. The van der Waals surface area contributed by atoms with E-state index in [4.69, 9.17) is 0 Å². The fourth-order valence-electron chi connectivity index (χ4n) is 1.52. The molecule has 0 unspecified atom stereocenters. The molecule has 0 saturated carbocycles. The summed E-state index contributed by atoms with van der Waals surface area (Å²) in [6.07, 6.45) is 3.29. The van der Waals surface area contributed by atoms with Gasteiger partial charge in [0.15, 0.2) is 0 Å². The predicted octanol–water partition coefficient (Wildman–Crippen LogP) is 3.44. The van der Waals surface area contributed by atoms with Crippen LogP contribution in [0.4, 0.5) is 4.39 Å². The Labute approximate surface area is 110 Å². The molecular weight excluding hydrogens is 285 g/mol. The first-order chi connectivity index (χ1) is 8.13. The molecule has 1 N–H and O–H groups in total. The monoisotopic (exact) mass is 301 g/mol. The Kier molecular flexibility index (Phi) is 6.19. The molecule has 0 spiro atoms. The van der Waals surface area contributed by atoms with Crippen molar-refractivity contribution in [2.75, 3.05) is 6.54 Å². The molecule has 0 aliphatic carbocycles. The van der Waals surface area contributed by atoms with Crippen LogP contribution in [0, 0.1) is 5.82 Å². The number of unbranched alkanes of at least 4 members (excludes halogenated alkanes) is 2. The second kappa shape index (κ2) is 7.43. The third-order valence-corrected chi connectivity index (χ3v) is 2.95. The normalized spacial score (nSPS) is 10.3. The fraction of sp³-hybridized carbons (Fsp3) is 0.462. The number of carbonyl (C=O) groups excluding carboxylic acids is 1. The molecule has 94 valence electrons. The van der Waals surface area contributed by atoms with Gasteiger partial charge < -0.3 is 5.32 Å². The van der Waals surface area contributed by atoms with Crippen molar-refractivity contribution in [3.63, 3.8) is 0 Å². The number of hydrogen-bond donors (Lipinski definition) is 1. The van der Waals surface area contributed by atoms with Gasteiger partial charge in [-0.1, -0.05) is 35.7 Å². The van der Waals surface area contributed by atoms with Crippen molar-refractivity contribution in [2.45, 2.75) is 32.6 Å². The van der Waals surface area contributed by atoms with E-state index in [1.807, 2.05) is 0 Å². The quantitative estimate of drug-likeness (QED) is 0.801. The first-order valence-corrected chi connectivity index (χ1v) is 6.63. The van der Waals surface area contributed by atoms with Crippen molar-refractivity contribution in [1.82, 2.24) is 5.32 Å². The molecule has 1 aromatic rings. The highest BCUT2D eigenvalue weighted by molar-refractivity contribution is 9.10. The number of nitrogens with one attached hydrogen (secondary N) is 1. The van der Waals surface area contributed by atoms with E-state index in [-0.39, 0.29) is 18.1 Å². The zero-order valence-electron chi connectivity index (χ0n) is 9.93. The summed E-state index contributed by atoms with van der Waals surface area (Å²) >= 11 is 3.26. The van der Waals surface area contributed by atoms with Crippen LogP contribution in [0.15, 0.2) is 22.7 Å². The molecule has 1 aromatic carbocycles. The van der Waals surface area contributed by atoms with Gasteiger partial charge in [0.2, 0.25) is 5.91 Å². The van der Waals surface area contributed by atoms with Gasteiger partial charge in [0.1, 0.15) is 5.82 Å². The van der Waals surface area contributed by atoms with Crippen LogP contribution in [-0.4, -0.2) is 12.5 Å². The molecular formula is C13H17BrFNO. The minimum atomic E-state index is -0.336. The number of amides is 1. The van der Waals surface area contributed by atoms with E-state index in [2.05, 4.69) is 28.2 Å². The minimum Gasteiger partial charge on any atom is -0.356 e. The second-order valence-electron chi connectivity index (χ2n) is 3.97. The Morgan fingerprint density at radius 3 is 2.88 bits per heavy atom. The fourth-order valence-corrected chi connectivity index (χ4v) is 1.93. The molecule has 0 fully saturated rings. The average Bonchev–Trinajstić information content (AvgIpc) is 2.29. The first kappa shape index (κ1) is 14.2. The summed E-state index contributed by atoms with van der Waals surface area (Å²) in [7, 11) is 0. The summed E-state index contributed by atoms with van der Waals surface area (Å²) in [5.41, 5.74) is 0.423. The topological polar surface area (TPSA) is 29.1 Å². The van der Waals surface area contributed by atoms with Gasteiger partial charge in [-0.2, -0.15) is 0 Å². The largest absolute Gasteiger partial charge is 0.356 e. The van der Waals surface area contributed by atoms with Crippen LogP contribution in [-0.2, 0) is 11.2 Å². The first-order valence-electron chi connectivity index (χ1n) is 5.84. The number of halogens is 2. The van der Waals surface area contributed by atoms with Gasteiger partial charge in [-0.05, 0) is 30.2 Å². The van der Waals surface area contributed by atoms with Gasteiger partial charge in [-0.15, -0.1) is 0 Å². The van der Waals surface area contributed by atoms with Crippen molar-refractivity contribution in [1.29, 1.82) is 0 Å². The summed E-state index contributed by atoms with van der Waals surface area (Å²) in [5.74, 6) is -0.463. The van der Waals surface area contributed by atoms with E-state index >= 15 is 0 Å². The van der Waals surface area contributed by atoms with Crippen molar-refractivity contribution >= 4 is 21.8 Å². The van der Waals surface area contributed by atoms with E-state index < -0.39 is 0 Å². The van der Waals surface area contributed by atoms with Gasteiger partial charge in [0.05, 0.1) is 6.42 Å². The average molecular weight is 302 g/mol. The molecule has 1 amide bonds. The van der Waals surface area contributed by atoms with E-state index in [0.717, 1.165) is 23.7 Å². The van der Waals surface area contributed by atoms with Crippen LogP contribution in [0.2, 0.25) is 0 Å². The number of rotatable bonds is 6. The molecule has 4 heteroatoms. The molecule has 1 rings (SSSR count). The maximum absolute atomic E-state index is 13.4. The zero-order valence-corrected chi connectivity index (χ0v) is 11.5. The van der Waals surface area contributed by atoms with Crippen LogP contribution in [0.25, 0.3) is 0 Å². The van der Waals surface area contributed by atoms with Crippen LogP contribution >= 0.6 is 15.9 Å². The summed E-state index contributed by atoms with van der Waals surface area (Å²) < 4.78 is 14.2. The van der Waals surface area contributed by atoms with Gasteiger partial charge in [-0.25, -0.2) is 4.39 Å². The Morgan fingerprint density at radius 2 is 2.18 bits per heavy atom. The highest BCUT2D eigenvalue weighted by Gasteiger charge is 2.08. The summed E-state index contributed by atoms with van der Waals surface area (Å²) in [6, 6.07) is 4.63. The number of benzene rings is 1. The lowest BCUT2D eigenvalue weighted by molar-refractivity contribution is -0.120. The van der Waals surface area contributed by atoms with E-state index in [1.165, 1.54) is 6.07 Å². The van der Waals surface area contributed by atoms with Crippen molar-refractivity contribution in [3.8, 4) is 0 Å². The van der Waals surface area contributed by atoms with Gasteiger partial charge in [-0.3, -0.25) is 4.79 Å². The lowest BCUT2D eigenvalue weighted by atomic mass is 10.1. The molecule has 0 bridgehead atoms. The van der Waals surface area contributed by atoms with Crippen LogP contribution in [0.5, 0.6) is 0 Å². The van der Waals surface area contributed by atoms with Crippen molar-refractivity contribution < 1.29 is 9.18 Å². The van der Waals surface area contributed by atoms with Crippen molar-refractivity contribution in [2.24, 2.45) is 0 Å². The van der Waals surface area contributed by atoms with Crippen LogP contribution < -0.4 is 5.32 Å². The van der Waals surface area contributed by atoms with E-state index in [1.54, 1.807) is 12.1 Å². The SMILES string of the molecule is CCCCCNC(=O)Cc1cc(Br)ccc1F. The van der Waals surface area contributed by atoms with Crippen LogP contribution in [0.3, 0.4) is 0 Å². The molecule has 0 aromatic heterocycles. The maximum atomic E-state index is 13.4. The van der Waals surface area contributed by atoms with E-state index in [0.29, 0.717) is 12.1 Å². The second-order valence-corrected chi connectivity index (χ2v) is 4.89. The van der Waals surface area contributed by atoms with Crippen LogP contribution in [0.1, 0.15) is 31.7 Å². The van der Waals surface area contributed by atoms with Gasteiger partial charge in [0, 0.05) is 11.0 Å². The molecule has 0 radical (unpaired) electrons. The Bertz CT molecular complexity index is 382. The standard InChI is InChI=1S/C13H17BrFNO/c1-2-3-4-7-16-13(17)9-10-8-11(14)5-6-12(10)15/h5-6,8H,2-4,7,9H2,1H3,(H,16,17). The molecule has 0 heterocycles. The number of carbonyl (C=O) groups is 1. The summed E-state index contributed by atoms with van der Waals surface area (Å²) in [6.45, 7) is 2.78. The predicted molar refractivity (Wildman–Crippen MR) is 70.3 cm³/mol. The Morgan fingerprint density at radius 1 is 1.41 bits per heavy atom. The number of hydrogen-bond acceptors (Lipinski definition) is 1. The highest BCUT2D eigenvalue weighted by atomic mass is 79.9. The minimum absolute atomic E-state index is 0.0946. The Balaban J connectivity index is 2.42. The molecule has 2 nitrogen and oxygen atoms in total. The third kappa shape index (κ3) is 5.31. The third-order valence-electron chi connectivity index (χ3n) is 2.46. The smallest absolute Gasteiger partial charge is 0.224 e. The molecule has 0 atom stereocenters. The lowest BCUT2D eigenvalue weighted by Crippen LogP contribution is -2.26. The molecule has 0 aliphatic rings. The maximum Gasteiger partial charge on any atom is 0.224 e. The summed E-state index contributed by atoms with van der Waals surface area (Å²) in [4.78, 5) is 11.5. The highest BCUT2D eigenvalue weighted by Crippen LogP contribution is 2.15. The molecule has 0 aliphatic heterocycles. The van der Waals surface area contributed by atoms with Gasteiger partial charge >= 0.3 is 0 Å². The van der Waals surface area contributed by atoms with Crippen molar-refractivity contribution in [3.05, 3.63) is 34.1 Å². The molecule has 17 heavy (non-hydrogen) atoms. The van der Waals surface area contributed by atoms with E-state index in [9.17, 15) is 9.18 Å². The molecule has 0 saturated heterocycles. The Hall–Kier alpha value is -0.900. The summed E-state index contributed by atoms with van der Waals surface area (Å²) in [5, 5.41) is 2.79. The van der Waals surface area contributed by atoms with Gasteiger partial charge in [0.25, 0.3) is 0 Å². The lowest BCUT2D eigenvalue weighted by Gasteiger charge is -2.06.